The molecule has 5 nitrogen and oxygen atoms in total. The lowest BCUT2D eigenvalue weighted by Gasteiger charge is -2.25. The fraction of sp³-hybridized carbons (Fsp3) is 0.300. The van der Waals surface area contributed by atoms with Crippen LogP contribution < -0.4 is 10.6 Å². The minimum atomic E-state index is -0.293. The highest BCUT2D eigenvalue weighted by atomic mass is 79.9. The normalized spacial score (nSPS) is 17.9. The van der Waals surface area contributed by atoms with Gasteiger partial charge in [0.15, 0.2) is 0 Å². The summed E-state index contributed by atoms with van der Waals surface area (Å²) in [5.41, 5.74) is 2.86. The number of aryl methyl sites for hydroxylation is 1. The zero-order valence-electron chi connectivity index (χ0n) is 14.8. The number of carbonyl (C=O) groups is 2. The molecule has 2 N–H and O–H groups in total. The van der Waals surface area contributed by atoms with Gasteiger partial charge in [0.2, 0.25) is 5.91 Å². The van der Waals surface area contributed by atoms with Gasteiger partial charge in [-0.05, 0) is 43.2 Å². The summed E-state index contributed by atoms with van der Waals surface area (Å²) in [7, 11) is 0. The number of anilines is 1. The first kappa shape index (κ1) is 18.5. The van der Waals surface area contributed by atoms with Crippen LogP contribution in [0.3, 0.4) is 0 Å². The standard InChI is InChI=1S/C20H22BrN3O2/c1-13-10-16(8-9-18(13)21)22-20(26)23-17-11-19(25)24(12-17)14(2)15-6-4-3-5-7-15/h3-10,14,17H,11-12H2,1-2H3,(H2,22,23,26). The number of nitrogens with one attached hydrogen (secondary N) is 2. The number of likely N-dealkylation sites (tertiary alicyclic amines) is 1. The molecule has 26 heavy (non-hydrogen) atoms. The van der Waals surface area contributed by atoms with Crippen LogP contribution >= 0.6 is 15.9 Å². The third kappa shape index (κ3) is 4.25. The van der Waals surface area contributed by atoms with E-state index >= 15 is 0 Å². The highest BCUT2D eigenvalue weighted by molar-refractivity contribution is 9.10. The number of halogens is 1. The number of hydrogen-bond acceptors (Lipinski definition) is 2. The summed E-state index contributed by atoms with van der Waals surface area (Å²) < 4.78 is 0.996. The Morgan fingerprint density at radius 1 is 1.23 bits per heavy atom. The number of nitrogens with zero attached hydrogens (tertiary/aromatic N) is 1. The van der Waals surface area contributed by atoms with Crippen LogP contribution in [0.25, 0.3) is 0 Å². The molecule has 1 heterocycles. The van der Waals surface area contributed by atoms with Gasteiger partial charge < -0.3 is 15.5 Å². The van der Waals surface area contributed by atoms with Gasteiger partial charge in [-0.1, -0.05) is 46.3 Å². The third-order valence-corrected chi connectivity index (χ3v) is 5.55. The summed E-state index contributed by atoms with van der Waals surface area (Å²) in [4.78, 5) is 26.4. The summed E-state index contributed by atoms with van der Waals surface area (Å²) in [6.07, 6.45) is 0.323. The maximum atomic E-state index is 12.4. The number of rotatable bonds is 4. The van der Waals surface area contributed by atoms with E-state index in [1.807, 2.05) is 67.3 Å². The first-order valence-electron chi connectivity index (χ1n) is 8.62. The van der Waals surface area contributed by atoms with Crippen molar-refractivity contribution in [2.24, 2.45) is 0 Å². The van der Waals surface area contributed by atoms with Gasteiger partial charge in [0, 0.05) is 23.1 Å². The molecule has 1 aliphatic heterocycles. The van der Waals surface area contributed by atoms with E-state index in [0.717, 1.165) is 21.3 Å². The van der Waals surface area contributed by atoms with Crippen LogP contribution in [0.5, 0.6) is 0 Å². The molecule has 2 aromatic carbocycles. The van der Waals surface area contributed by atoms with Crippen LogP contribution in [0.1, 0.15) is 30.5 Å². The van der Waals surface area contributed by atoms with Crippen molar-refractivity contribution in [3.63, 3.8) is 0 Å². The van der Waals surface area contributed by atoms with Gasteiger partial charge in [0.25, 0.3) is 0 Å². The summed E-state index contributed by atoms with van der Waals surface area (Å²) in [6, 6.07) is 15.1. The fourth-order valence-electron chi connectivity index (χ4n) is 3.19. The predicted octanol–water partition coefficient (Wildman–Crippen LogP) is 4.24. The van der Waals surface area contributed by atoms with Gasteiger partial charge in [-0.2, -0.15) is 0 Å². The van der Waals surface area contributed by atoms with Crippen LogP contribution in [0.2, 0.25) is 0 Å². The minimum absolute atomic E-state index is 0.00677. The van der Waals surface area contributed by atoms with E-state index in [9.17, 15) is 9.59 Å². The fourth-order valence-corrected chi connectivity index (χ4v) is 3.44. The van der Waals surface area contributed by atoms with E-state index in [1.165, 1.54) is 0 Å². The van der Waals surface area contributed by atoms with Crippen LogP contribution in [0, 0.1) is 6.92 Å². The molecular formula is C20H22BrN3O2. The Kier molecular flexibility index (Phi) is 5.61. The van der Waals surface area contributed by atoms with Crippen LogP contribution in [-0.2, 0) is 4.79 Å². The van der Waals surface area contributed by atoms with E-state index in [-0.39, 0.29) is 24.0 Å². The molecule has 0 aromatic heterocycles. The SMILES string of the molecule is Cc1cc(NC(=O)NC2CC(=O)N(C(C)c3ccccc3)C2)ccc1Br. The number of benzene rings is 2. The number of urea groups is 1. The maximum absolute atomic E-state index is 12.4. The second-order valence-electron chi connectivity index (χ2n) is 6.60. The minimum Gasteiger partial charge on any atom is -0.334 e. The highest BCUT2D eigenvalue weighted by Gasteiger charge is 2.33. The molecule has 6 heteroatoms. The van der Waals surface area contributed by atoms with Crippen LogP contribution in [0.15, 0.2) is 53.0 Å². The number of hydrogen-bond donors (Lipinski definition) is 2. The molecule has 2 atom stereocenters. The third-order valence-electron chi connectivity index (χ3n) is 4.66. The molecule has 2 unspecified atom stereocenters. The van der Waals surface area contributed by atoms with Gasteiger partial charge in [0.1, 0.15) is 0 Å². The van der Waals surface area contributed by atoms with Gasteiger partial charge in [-0.25, -0.2) is 4.79 Å². The topological polar surface area (TPSA) is 61.4 Å². The molecule has 0 radical (unpaired) electrons. The number of carbonyl (C=O) groups excluding carboxylic acids is 2. The molecule has 0 aliphatic carbocycles. The van der Waals surface area contributed by atoms with Crippen molar-refractivity contribution in [3.05, 3.63) is 64.1 Å². The lowest BCUT2D eigenvalue weighted by molar-refractivity contribution is -0.129. The van der Waals surface area contributed by atoms with E-state index in [0.29, 0.717) is 13.0 Å². The zero-order valence-corrected chi connectivity index (χ0v) is 16.4. The van der Waals surface area contributed by atoms with Gasteiger partial charge in [0.05, 0.1) is 12.1 Å². The van der Waals surface area contributed by atoms with Gasteiger partial charge in [-0.15, -0.1) is 0 Å². The second kappa shape index (κ2) is 7.91. The van der Waals surface area contributed by atoms with Crippen LogP contribution in [0.4, 0.5) is 10.5 Å². The average Bonchev–Trinajstić information content (AvgIpc) is 2.98. The molecular weight excluding hydrogens is 394 g/mol. The molecule has 2 aromatic rings. The molecule has 3 amide bonds. The Morgan fingerprint density at radius 3 is 2.65 bits per heavy atom. The first-order valence-corrected chi connectivity index (χ1v) is 9.41. The van der Waals surface area contributed by atoms with Crippen molar-refractivity contribution < 1.29 is 9.59 Å². The van der Waals surface area contributed by atoms with E-state index in [1.54, 1.807) is 0 Å². The zero-order chi connectivity index (χ0) is 18.7. The Hall–Kier alpha value is -2.34. The average molecular weight is 416 g/mol. The number of amides is 3. The summed E-state index contributed by atoms with van der Waals surface area (Å²) >= 11 is 3.44. The second-order valence-corrected chi connectivity index (χ2v) is 7.45. The highest BCUT2D eigenvalue weighted by Crippen LogP contribution is 2.25. The molecule has 1 saturated heterocycles. The maximum Gasteiger partial charge on any atom is 0.319 e. The smallest absolute Gasteiger partial charge is 0.319 e. The van der Waals surface area contributed by atoms with Crippen molar-refractivity contribution in [1.29, 1.82) is 0 Å². The quantitative estimate of drug-likeness (QED) is 0.783. The predicted molar refractivity (Wildman–Crippen MR) is 106 cm³/mol. The van der Waals surface area contributed by atoms with Crippen molar-refractivity contribution in [1.82, 2.24) is 10.2 Å². The summed E-state index contributed by atoms with van der Waals surface area (Å²) in [6.45, 7) is 4.49. The lowest BCUT2D eigenvalue weighted by atomic mass is 10.1. The van der Waals surface area contributed by atoms with Crippen molar-refractivity contribution in [2.45, 2.75) is 32.4 Å². The molecule has 0 spiro atoms. The monoisotopic (exact) mass is 415 g/mol. The van der Waals surface area contributed by atoms with E-state index in [4.69, 9.17) is 0 Å². The Balaban J connectivity index is 1.58. The Labute approximate surface area is 161 Å². The molecule has 3 rings (SSSR count). The molecule has 136 valence electrons. The van der Waals surface area contributed by atoms with Crippen LogP contribution in [-0.4, -0.2) is 29.4 Å². The lowest BCUT2D eigenvalue weighted by Crippen LogP contribution is -2.40. The Morgan fingerprint density at radius 2 is 1.96 bits per heavy atom. The van der Waals surface area contributed by atoms with E-state index < -0.39 is 0 Å². The van der Waals surface area contributed by atoms with Crippen molar-refractivity contribution >= 4 is 33.6 Å². The molecule has 0 bridgehead atoms. The Bertz CT molecular complexity index is 810. The van der Waals surface area contributed by atoms with Crippen molar-refractivity contribution in [3.8, 4) is 0 Å². The van der Waals surface area contributed by atoms with Crippen molar-refractivity contribution in [2.75, 3.05) is 11.9 Å². The molecule has 0 saturated carbocycles. The van der Waals surface area contributed by atoms with E-state index in [2.05, 4.69) is 26.6 Å². The molecule has 1 aliphatic rings. The molecule has 1 fully saturated rings. The van der Waals surface area contributed by atoms with Gasteiger partial charge in [-0.3, -0.25) is 4.79 Å². The van der Waals surface area contributed by atoms with Gasteiger partial charge >= 0.3 is 6.03 Å². The summed E-state index contributed by atoms with van der Waals surface area (Å²) in [5, 5.41) is 5.73. The largest absolute Gasteiger partial charge is 0.334 e. The summed E-state index contributed by atoms with van der Waals surface area (Å²) in [5.74, 6) is 0.0612. The first-order chi connectivity index (χ1) is 12.4.